The highest BCUT2D eigenvalue weighted by atomic mass is 16.5. The fourth-order valence-corrected chi connectivity index (χ4v) is 2.74. The molecule has 2 aromatic heterocycles. The number of piperidine rings is 1. The standard InChI is InChI=1S/C13H19N5O/c1-10-16-12(17-19-10)8-18-9-15-7-11(18)13(2)3-5-14-6-4-13/h7,9,14H,3-6,8H2,1-2H3. The Labute approximate surface area is 112 Å². The van der Waals surface area contributed by atoms with Crippen LogP contribution in [-0.4, -0.2) is 32.8 Å². The van der Waals surface area contributed by atoms with E-state index in [1.165, 1.54) is 5.69 Å². The number of aryl methyl sites for hydroxylation is 1. The van der Waals surface area contributed by atoms with E-state index < -0.39 is 0 Å². The predicted octanol–water partition coefficient (Wildman–Crippen LogP) is 1.26. The molecule has 1 aliphatic rings. The molecule has 0 aliphatic carbocycles. The zero-order chi connectivity index (χ0) is 13.3. The van der Waals surface area contributed by atoms with Crippen molar-refractivity contribution in [2.24, 2.45) is 0 Å². The Balaban J connectivity index is 1.85. The van der Waals surface area contributed by atoms with Crippen LogP contribution in [0.1, 0.15) is 37.2 Å². The van der Waals surface area contributed by atoms with E-state index in [2.05, 4.69) is 31.9 Å². The van der Waals surface area contributed by atoms with E-state index in [1.54, 1.807) is 6.92 Å². The molecule has 1 saturated heterocycles. The number of hydrogen-bond donors (Lipinski definition) is 1. The van der Waals surface area contributed by atoms with Gasteiger partial charge in [0.05, 0.1) is 12.9 Å². The van der Waals surface area contributed by atoms with Gasteiger partial charge in [0.2, 0.25) is 5.89 Å². The topological polar surface area (TPSA) is 68.8 Å². The zero-order valence-corrected chi connectivity index (χ0v) is 11.4. The molecule has 2 aromatic rings. The van der Waals surface area contributed by atoms with Crippen LogP contribution in [0, 0.1) is 6.92 Å². The van der Waals surface area contributed by atoms with Crippen molar-refractivity contribution >= 4 is 0 Å². The maximum atomic E-state index is 5.02. The molecule has 0 spiro atoms. The summed E-state index contributed by atoms with van der Waals surface area (Å²) in [6.45, 7) is 6.85. The smallest absolute Gasteiger partial charge is 0.223 e. The molecule has 3 heterocycles. The van der Waals surface area contributed by atoms with Gasteiger partial charge in [-0.25, -0.2) is 4.98 Å². The quantitative estimate of drug-likeness (QED) is 0.901. The molecule has 0 aromatic carbocycles. The van der Waals surface area contributed by atoms with Crippen LogP contribution in [0.2, 0.25) is 0 Å². The van der Waals surface area contributed by atoms with Gasteiger partial charge in [0.1, 0.15) is 0 Å². The molecular weight excluding hydrogens is 242 g/mol. The van der Waals surface area contributed by atoms with E-state index in [0.717, 1.165) is 25.9 Å². The number of rotatable bonds is 3. The minimum absolute atomic E-state index is 0.181. The Morgan fingerprint density at radius 3 is 2.89 bits per heavy atom. The summed E-state index contributed by atoms with van der Waals surface area (Å²) < 4.78 is 7.15. The maximum Gasteiger partial charge on any atom is 0.223 e. The summed E-state index contributed by atoms with van der Waals surface area (Å²) in [6.07, 6.45) is 6.08. The summed E-state index contributed by atoms with van der Waals surface area (Å²) in [7, 11) is 0. The Morgan fingerprint density at radius 1 is 1.42 bits per heavy atom. The molecule has 3 rings (SSSR count). The number of imidazole rings is 1. The molecule has 0 unspecified atom stereocenters. The molecule has 102 valence electrons. The van der Waals surface area contributed by atoms with Gasteiger partial charge in [0.15, 0.2) is 5.82 Å². The van der Waals surface area contributed by atoms with Gasteiger partial charge < -0.3 is 14.4 Å². The van der Waals surface area contributed by atoms with E-state index >= 15 is 0 Å². The van der Waals surface area contributed by atoms with E-state index in [0.29, 0.717) is 18.3 Å². The first-order valence-electron chi connectivity index (χ1n) is 6.68. The normalized spacial score (nSPS) is 18.6. The van der Waals surface area contributed by atoms with Crippen LogP contribution in [0.4, 0.5) is 0 Å². The van der Waals surface area contributed by atoms with Crippen LogP contribution in [0.3, 0.4) is 0 Å². The highest BCUT2D eigenvalue weighted by molar-refractivity contribution is 5.16. The highest BCUT2D eigenvalue weighted by Crippen LogP contribution is 2.32. The monoisotopic (exact) mass is 261 g/mol. The first kappa shape index (κ1) is 12.3. The van der Waals surface area contributed by atoms with Crippen molar-refractivity contribution in [2.45, 2.75) is 38.6 Å². The summed E-state index contributed by atoms with van der Waals surface area (Å²) in [6, 6.07) is 0. The lowest BCUT2D eigenvalue weighted by Crippen LogP contribution is -2.39. The molecule has 1 fully saturated rings. The van der Waals surface area contributed by atoms with E-state index in [1.807, 2.05) is 12.5 Å². The molecule has 6 heteroatoms. The van der Waals surface area contributed by atoms with Crippen molar-refractivity contribution in [1.82, 2.24) is 25.0 Å². The molecular formula is C13H19N5O. The Bertz CT molecular complexity index is 553. The summed E-state index contributed by atoms with van der Waals surface area (Å²) in [5, 5.41) is 7.36. The minimum Gasteiger partial charge on any atom is -0.340 e. The summed E-state index contributed by atoms with van der Waals surface area (Å²) >= 11 is 0. The first-order valence-corrected chi connectivity index (χ1v) is 6.68. The van der Waals surface area contributed by atoms with Crippen molar-refractivity contribution in [1.29, 1.82) is 0 Å². The summed E-state index contributed by atoms with van der Waals surface area (Å²) in [4.78, 5) is 8.56. The lowest BCUT2D eigenvalue weighted by molar-refractivity contribution is 0.317. The average molecular weight is 261 g/mol. The van der Waals surface area contributed by atoms with Crippen LogP contribution in [0.5, 0.6) is 0 Å². The van der Waals surface area contributed by atoms with Crippen molar-refractivity contribution in [3.8, 4) is 0 Å². The largest absolute Gasteiger partial charge is 0.340 e. The average Bonchev–Trinajstić information content (AvgIpc) is 3.00. The second-order valence-electron chi connectivity index (χ2n) is 5.45. The third-order valence-corrected chi connectivity index (χ3v) is 3.92. The van der Waals surface area contributed by atoms with Gasteiger partial charge in [0.25, 0.3) is 0 Å². The highest BCUT2D eigenvalue weighted by Gasteiger charge is 2.31. The van der Waals surface area contributed by atoms with Crippen LogP contribution in [0.15, 0.2) is 17.0 Å². The molecule has 0 amide bonds. The zero-order valence-electron chi connectivity index (χ0n) is 11.4. The van der Waals surface area contributed by atoms with Gasteiger partial charge in [-0.3, -0.25) is 0 Å². The third-order valence-electron chi connectivity index (χ3n) is 3.92. The van der Waals surface area contributed by atoms with E-state index in [4.69, 9.17) is 4.52 Å². The first-order chi connectivity index (χ1) is 9.17. The van der Waals surface area contributed by atoms with Gasteiger partial charge in [-0.05, 0) is 25.9 Å². The number of aromatic nitrogens is 4. The lowest BCUT2D eigenvalue weighted by atomic mass is 9.78. The van der Waals surface area contributed by atoms with Gasteiger partial charge in [0, 0.05) is 24.2 Å². The van der Waals surface area contributed by atoms with Crippen LogP contribution >= 0.6 is 0 Å². The summed E-state index contributed by atoms with van der Waals surface area (Å²) in [5.74, 6) is 1.30. The molecule has 0 radical (unpaired) electrons. The van der Waals surface area contributed by atoms with Gasteiger partial charge in [-0.2, -0.15) is 4.98 Å². The van der Waals surface area contributed by atoms with E-state index in [9.17, 15) is 0 Å². The van der Waals surface area contributed by atoms with Crippen molar-refractivity contribution in [3.05, 3.63) is 29.9 Å². The second kappa shape index (κ2) is 4.77. The van der Waals surface area contributed by atoms with Crippen LogP contribution in [0.25, 0.3) is 0 Å². The van der Waals surface area contributed by atoms with Gasteiger partial charge in [-0.1, -0.05) is 12.1 Å². The van der Waals surface area contributed by atoms with E-state index in [-0.39, 0.29) is 5.41 Å². The van der Waals surface area contributed by atoms with Crippen LogP contribution in [-0.2, 0) is 12.0 Å². The lowest BCUT2D eigenvalue weighted by Gasteiger charge is -2.34. The predicted molar refractivity (Wildman–Crippen MR) is 69.8 cm³/mol. The fourth-order valence-electron chi connectivity index (χ4n) is 2.74. The molecule has 19 heavy (non-hydrogen) atoms. The van der Waals surface area contributed by atoms with Gasteiger partial charge in [-0.15, -0.1) is 0 Å². The molecule has 1 aliphatic heterocycles. The molecule has 6 nitrogen and oxygen atoms in total. The Morgan fingerprint density at radius 2 is 2.21 bits per heavy atom. The third kappa shape index (κ3) is 2.40. The fraction of sp³-hybridized carbons (Fsp3) is 0.615. The molecule has 1 N–H and O–H groups in total. The number of hydrogen-bond acceptors (Lipinski definition) is 5. The molecule has 0 bridgehead atoms. The van der Waals surface area contributed by atoms with Crippen molar-refractivity contribution in [3.63, 3.8) is 0 Å². The SMILES string of the molecule is Cc1nc(Cn2cncc2C2(C)CCNCC2)no1. The van der Waals surface area contributed by atoms with Crippen LogP contribution < -0.4 is 5.32 Å². The van der Waals surface area contributed by atoms with Crippen molar-refractivity contribution in [2.75, 3.05) is 13.1 Å². The second-order valence-corrected chi connectivity index (χ2v) is 5.45. The molecule has 0 atom stereocenters. The number of nitrogens with one attached hydrogen (secondary N) is 1. The van der Waals surface area contributed by atoms with Gasteiger partial charge >= 0.3 is 0 Å². The number of nitrogens with zero attached hydrogens (tertiary/aromatic N) is 4. The Kier molecular flexibility index (Phi) is 3.10. The molecule has 0 saturated carbocycles. The Hall–Kier alpha value is -1.69. The minimum atomic E-state index is 0.181. The summed E-state index contributed by atoms with van der Waals surface area (Å²) in [5.41, 5.74) is 1.44. The van der Waals surface area contributed by atoms with Crippen molar-refractivity contribution < 1.29 is 4.52 Å². The maximum absolute atomic E-state index is 5.02.